The largest absolute Gasteiger partial charge is 0.457 e. The van der Waals surface area contributed by atoms with Gasteiger partial charge >= 0.3 is 0 Å². The molecule has 282 valence electrons. The van der Waals surface area contributed by atoms with E-state index in [2.05, 4.69) is 15.3 Å². The summed E-state index contributed by atoms with van der Waals surface area (Å²) in [4.78, 5) is 63.8. The van der Waals surface area contributed by atoms with Gasteiger partial charge in [-0.3, -0.25) is 24.5 Å². The summed E-state index contributed by atoms with van der Waals surface area (Å²) >= 11 is 1.71. The Labute approximate surface area is 322 Å². The van der Waals surface area contributed by atoms with Crippen molar-refractivity contribution >= 4 is 52.2 Å². The maximum absolute atomic E-state index is 13.2. The number of nitrogen functional groups attached to an aromatic ring is 1. The van der Waals surface area contributed by atoms with E-state index in [-0.39, 0.29) is 30.2 Å². The Bertz CT molecular complexity index is 2240. The quantitative estimate of drug-likeness (QED) is 0.0857. The first-order valence-electron chi connectivity index (χ1n) is 18.8. The molecule has 0 spiro atoms. The van der Waals surface area contributed by atoms with Crippen molar-refractivity contribution in [3.05, 3.63) is 90.3 Å². The average molecular weight is 759 g/mol. The van der Waals surface area contributed by atoms with Crippen LogP contribution < -0.4 is 15.8 Å². The summed E-state index contributed by atoms with van der Waals surface area (Å²) in [5.74, 6) is 2.04. The van der Waals surface area contributed by atoms with Crippen LogP contribution in [0.4, 0.5) is 5.82 Å². The molecule has 2 saturated heterocycles. The number of hydrogen-bond donors (Lipinski definition) is 2. The summed E-state index contributed by atoms with van der Waals surface area (Å²) in [6, 6.07) is 22.5. The van der Waals surface area contributed by atoms with Crippen molar-refractivity contribution in [1.29, 1.82) is 0 Å². The number of nitrogens with zero attached hydrogens (tertiary/aromatic N) is 6. The van der Waals surface area contributed by atoms with Gasteiger partial charge in [-0.15, -0.1) is 11.8 Å². The van der Waals surface area contributed by atoms with Gasteiger partial charge in [-0.05, 0) is 92.0 Å². The van der Waals surface area contributed by atoms with Crippen LogP contribution in [-0.2, 0) is 20.9 Å². The predicted octanol–water partition coefficient (Wildman–Crippen LogP) is 6.15. The number of piperidine rings is 2. The van der Waals surface area contributed by atoms with Gasteiger partial charge in [-0.2, -0.15) is 5.10 Å². The molecular weight excluding hydrogens is 717 g/mol. The molecule has 3 N–H and O–H groups in total. The van der Waals surface area contributed by atoms with Crippen molar-refractivity contribution in [2.45, 2.75) is 74.9 Å². The van der Waals surface area contributed by atoms with Gasteiger partial charge < -0.3 is 20.3 Å². The minimum Gasteiger partial charge on any atom is -0.457 e. The van der Waals surface area contributed by atoms with Crippen molar-refractivity contribution in [1.82, 2.24) is 34.9 Å². The van der Waals surface area contributed by atoms with Crippen LogP contribution in [0.5, 0.6) is 11.5 Å². The van der Waals surface area contributed by atoms with E-state index in [1.807, 2.05) is 82.4 Å². The van der Waals surface area contributed by atoms with Gasteiger partial charge in [0.1, 0.15) is 35.4 Å². The minimum absolute atomic E-state index is 0.0677. The lowest BCUT2D eigenvalue weighted by Gasteiger charge is -2.32. The first-order valence-corrected chi connectivity index (χ1v) is 19.8. The lowest BCUT2D eigenvalue weighted by molar-refractivity contribution is -0.137. The second-order valence-corrected chi connectivity index (χ2v) is 15.3. The number of unbranched alkanes of at least 4 members (excludes halogenated alkanes) is 2. The van der Waals surface area contributed by atoms with E-state index in [1.54, 1.807) is 16.7 Å². The van der Waals surface area contributed by atoms with Gasteiger partial charge in [0.25, 0.3) is 5.91 Å². The summed E-state index contributed by atoms with van der Waals surface area (Å²) in [6.07, 6.45) is 6.76. The maximum atomic E-state index is 13.2. The van der Waals surface area contributed by atoms with Crippen LogP contribution in [0.1, 0.15) is 73.3 Å². The molecule has 1 atom stereocenters. The van der Waals surface area contributed by atoms with Crippen molar-refractivity contribution in [3.8, 4) is 22.8 Å². The highest BCUT2D eigenvalue weighted by Gasteiger charge is 2.40. The number of fused-ring (bicyclic) bond motifs is 2. The number of benzene rings is 3. The summed E-state index contributed by atoms with van der Waals surface area (Å²) in [6.45, 7) is 1.67. The van der Waals surface area contributed by atoms with Gasteiger partial charge in [0.15, 0.2) is 5.65 Å². The molecule has 0 saturated carbocycles. The number of nitrogens with one attached hydrogen (secondary N) is 1. The number of likely N-dealkylation sites (tertiary alicyclic amines) is 1. The van der Waals surface area contributed by atoms with Gasteiger partial charge in [-0.1, -0.05) is 30.7 Å². The highest BCUT2D eigenvalue weighted by Crippen LogP contribution is 2.37. The Morgan fingerprint density at radius 2 is 1.67 bits per heavy atom. The topological polar surface area (TPSA) is 166 Å². The van der Waals surface area contributed by atoms with Crippen molar-refractivity contribution < 1.29 is 23.9 Å². The lowest BCUT2D eigenvalue weighted by atomic mass is 10.0. The van der Waals surface area contributed by atoms with E-state index in [0.717, 1.165) is 70.7 Å². The SMILES string of the molecule is Nc1ncnc2c1c(-c1ccc(Oc3ccccc3)cc1)nn2C1CCN(C(=O)CCCCCSc2cccc3c2CN(C2CCC(=O)NC2=O)C3=O)CC1. The van der Waals surface area contributed by atoms with Crippen LogP contribution in [-0.4, -0.2) is 78.1 Å². The Morgan fingerprint density at radius 3 is 2.45 bits per heavy atom. The van der Waals surface area contributed by atoms with Crippen LogP contribution in [0.15, 0.2) is 84.0 Å². The van der Waals surface area contributed by atoms with Crippen LogP contribution >= 0.6 is 11.8 Å². The molecule has 13 nitrogen and oxygen atoms in total. The molecule has 3 aliphatic heterocycles. The standard InChI is InChI=1S/C41H42N8O5S/c42-38-36-37(26-13-15-29(16-14-26)54-28-8-3-1-4-9-28)46-49(39(36)44-25-43-38)27-19-21-47(22-20-27)35(51)12-5-2-6-23-55-33-11-7-10-30-31(33)24-48(41(30)53)32-17-18-34(50)45-40(32)52/h1,3-4,7-11,13-16,25,27,32H,2,5-6,12,17-24H2,(H2,42,43,44)(H,45,50,52). The molecule has 5 heterocycles. The summed E-state index contributed by atoms with van der Waals surface area (Å²) in [5.41, 5.74) is 10.2. The van der Waals surface area contributed by atoms with E-state index in [0.29, 0.717) is 55.3 Å². The smallest absolute Gasteiger partial charge is 0.255 e. The number of rotatable bonds is 12. The molecule has 14 heteroatoms. The fraction of sp³-hybridized carbons (Fsp3) is 0.341. The van der Waals surface area contributed by atoms with Crippen LogP contribution in [0.2, 0.25) is 0 Å². The fourth-order valence-electron chi connectivity index (χ4n) is 7.71. The third kappa shape index (κ3) is 7.63. The Hall–Kier alpha value is -5.76. The highest BCUT2D eigenvalue weighted by atomic mass is 32.2. The second-order valence-electron chi connectivity index (χ2n) is 14.1. The van der Waals surface area contributed by atoms with E-state index >= 15 is 0 Å². The molecule has 0 aliphatic carbocycles. The number of imide groups is 1. The zero-order chi connectivity index (χ0) is 37.9. The number of ether oxygens (including phenoxy) is 1. The molecular formula is C41H42N8O5S. The number of carbonyl (C=O) groups is 4. The van der Waals surface area contributed by atoms with Gasteiger partial charge in [-0.25, -0.2) is 14.6 Å². The van der Waals surface area contributed by atoms with Crippen LogP contribution in [0.3, 0.4) is 0 Å². The number of carbonyl (C=O) groups excluding carboxylic acids is 4. The molecule has 4 amide bonds. The predicted molar refractivity (Wildman–Crippen MR) is 208 cm³/mol. The molecule has 0 bridgehead atoms. The Morgan fingerprint density at radius 1 is 0.891 bits per heavy atom. The van der Waals surface area contributed by atoms with Crippen molar-refractivity contribution in [3.63, 3.8) is 0 Å². The summed E-state index contributed by atoms with van der Waals surface area (Å²) < 4.78 is 7.93. The lowest BCUT2D eigenvalue weighted by Crippen LogP contribution is -2.52. The molecule has 0 radical (unpaired) electrons. The summed E-state index contributed by atoms with van der Waals surface area (Å²) in [5, 5.41) is 8.10. The zero-order valence-corrected chi connectivity index (χ0v) is 31.2. The van der Waals surface area contributed by atoms with Crippen molar-refractivity contribution in [2.24, 2.45) is 0 Å². The molecule has 55 heavy (non-hydrogen) atoms. The summed E-state index contributed by atoms with van der Waals surface area (Å²) in [7, 11) is 0. The number of thioether (sulfide) groups is 1. The van der Waals surface area contributed by atoms with Crippen LogP contribution in [0, 0.1) is 0 Å². The Balaban J connectivity index is 0.811. The molecule has 1 unspecified atom stereocenters. The average Bonchev–Trinajstić information content (AvgIpc) is 3.76. The molecule has 2 fully saturated rings. The highest BCUT2D eigenvalue weighted by molar-refractivity contribution is 7.99. The fourth-order valence-corrected chi connectivity index (χ4v) is 8.80. The second kappa shape index (κ2) is 15.9. The number of amides is 4. The molecule has 5 aromatic rings. The zero-order valence-electron chi connectivity index (χ0n) is 30.4. The molecule has 2 aromatic heterocycles. The normalized spacial score (nSPS) is 17.5. The van der Waals surface area contributed by atoms with Crippen molar-refractivity contribution in [2.75, 3.05) is 24.6 Å². The number of nitrogens with two attached hydrogens (primary N) is 1. The van der Waals surface area contributed by atoms with E-state index in [1.165, 1.54) is 6.33 Å². The number of para-hydroxylation sites is 1. The van der Waals surface area contributed by atoms with E-state index in [9.17, 15) is 19.2 Å². The third-order valence-electron chi connectivity index (χ3n) is 10.6. The maximum Gasteiger partial charge on any atom is 0.255 e. The van der Waals surface area contributed by atoms with Gasteiger partial charge in [0, 0.05) is 48.5 Å². The third-order valence-corrected chi connectivity index (χ3v) is 11.8. The first-order chi connectivity index (χ1) is 26.8. The molecule has 8 rings (SSSR count). The number of anilines is 1. The number of hydrogen-bond acceptors (Lipinski definition) is 10. The van der Waals surface area contributed by atoms with Crippen LogP contribution in [0.25, 0.3) is 22.3 Å². The minimum atomic E-state index is -0.623. The first kappa shape index (κ1) is 36.2. The number of aromatic nitrogens is 4. The molecule has 3 aliphatic rings. The van der Waals surface area contributed by atoms with Gasteiger partial charge in [0.05, 0.1) is 11.4 Å². The Kier molecular flexibility index (Phi) is 10.5. The molecule has 3 aromatic carbocycles. The van der Waals surface area contributed by atoms with Gasteiger partial charge in [0.2, 0.25) is 17.7 Å². The van der Waals surface area contributed by atoms with E-state index in [4.69, 9.17) is 15.6 Å². The monoisotopic (exact) mass is 758 g/mol. The van der Waals surface area contributed by atoms with E-state index < -0.39 is 11.9 Å².